The standard InChI is InChI=1S/C23H22ClN3O5/c1-25-23(30)20-16(10-11-26-20)22(29)27-14-6-4-13(5-7-14)12-17(28)15-8-9-18(31-2)21(32-3)19(15)24/h4-9,11H,10,12H2,1-3H3,(H,25,30)(H,27,29). The highest BCUT2D eigenvalue weighted by Gasteiger charge is 2.23. The molecule has 32 heavy (non-hydrogen) atoms. The smallest absolute Gasteiger partial charge is 0.270 e. The van der Waals surface area contributed by atoms with Gasteiger partial charge in [-0.25, -0.2) is 0 Å². The molecule has 2 amide bonds. The molecule has 166 valence electrons. The van der Waals surface area contributed by atoms with Crippen molar-refractivity contribution in [1.82, 2.24) is 5.32 Å². The zero-order valence-electron chi connectivity index (χ0n) is 17.8. The summed E-state index contributed by atoms with van der Waals surface area (Å²) in [5, 5.41) is 5.41. The first-order valence-electron chi connectivity index (χ1n) is 9.71. The second kappa shape index (κ2) is 10.1. The molecule has 0 saturated carbocycles. The van der Waals surface area contributed by atoms with E-state index in [1.807, 2.05) is 0 Å². The lowest BCUT2D eigenvalue weighted by Gasteiger charge is -2.12. The number of ketones is 1. The molecular formula is C23H22ClN3O5. The van der Waals surface area contributed by atoms with Crippen LogP contribution in [0.3, 0.4) is 0 Å². The van der Waals surface area contributed by atoms with E-state index in [9.17, 15) is 14.4 Å². The number of amides is 2. The fourth-order valence-corrected chi connectivity index (χ4v) is 3.55. The first-order chi connectivity index (χ1) is 15.4. The molecule has 0 radical (unpaired) electrons. The van der Waals surface area contributed by atoms with Crippen LogP contribution < -0.4 is 20.1 Å². The van der Waals surface area contributed by atoms with Crippen LogP contribution in [0.15, 0.2) is 52.7 Å². The summed E-state index contributed by atoms with van der Waals surface area (Å²) in [6.07, 6.45) is 1.92. The maximum atomic E-state index is 12.8. The van der Waals surface area contributed by atoms with E-state index >= 15 is 0 Å². The molecule has 2 aromatic carbocycles. The Morgan fingerprint density at radius 2 is 1.75 bits per heavy atom. The van der Waals surface area contributed by atoms with Crippen LogP contribution in [0.1, 0.15) is 22.3 Å². The number of rotatable bonds is 8. The number of likely N-dealkylation sites (N-methyl/N-ethyl adjacent to an activating group) is 1. The predicted molar refractivity (Wildman–Crippen MR) is 122 cm³/mol. The van der Waals surface area contributed by atoms with Crippen LogP contribution >= 0.6 is 11.6 Å². The first-order valence-corrected chi connectivity index (χ1v) is 10.1. The summed E-state index contributed by atoms with van der Waals surface area (Å²) in [6.45, 7) is 0. The van der Waals surface area contributed by atoms with Crippen LogP contribution in [0, 0.1) is 0 Å². The van der Waals surface area contributed by atoms with Crippen molar-refractivity contribution in [3.63, 3.8) is 0 Å². The second-order valence-corrected chi connectivity index (χ2v) is 7.21. The quantitative estimate of drug-likeness (QED) is 0.594. The van der Waals surface area contributed by atoms with Gasteiger partial charge >= 0.3 is 0 Å². The number of nitrogens with zero attached hydrogens (tertiary/aromatic N) is 1. The van der Waals surface area contributed by atoms with Crippen LogP contribution in [0.5, 0.6) is 11.5 Å². The minimum atomic E-state index is -0.411. The number of nitrogens with one attached hydrogen (secondary N) is 2. The summed E-state index contributed by atoms with van der Waals surface area (Å²) in [6, 6.07) is 10.1. The van der Waals surface area contributed by atoms with Crippen molar-refractivity contribution in [2.75, 3.05) is 26.6 Å². The van der Waals surface area contributed by atoms with E-state index in [0.29, 0.717) is 28.3 Å². The van der Waals surface area contributed by atoms with Gasteiger partial charge in [-0.05, 0) is 29.8 Å². The third-order valence-electron chi connectivity index (χ3n) is 4.88. The SMILES string of the molecule is CNC(=O)C1=C(C(=O)Nc2ccc(CC(=O)c3ccc(OC)c(OC)c3Cl)cc2)CC=N1. The number of methoxy groups -OCH3 is 2. The number of carbonyl (C=O) groups is 3. The molecule has 0 atom stereocenters. The fourth-order valence-electron chi connectivity index (χ4n) is 3.21. The van der Waals surface area contributed by atoms with Gasteiger partial charge in [0, 0.05) is 37.4 Å². The molecule has 0 spiro atoms. The van der Waals surface area contributed by atoms with Gasteiger partial charge in [0.05, 0.1) is 24.8 Å². The van der Waals surface area contributed by atoms with Crippen LogP contribution in [-0.4, -0.2) is 45.1 Å². The summed E-state index contributed by atoms with van der Waals surface area (Å²) >= 11 is 6.33. The van der Waals surface area contributed by atoms with E-state index < -0.39 is 11.8 Å². The molecule has 0 aromatic heterocycles. The Morgan fingerprint density at radius 1 is 1.03 bits per heavy atom. The van der Waals surface area contributed by atoms with Crippen molar-refractivity contribution in [1.29, 1.82) is 0 Å². The average molecular weight is 456 g/mol. The maximum absolute atomic E-state index is 12.8. The Labute approximate surface area is 190 Å². The lowest BCUT2D eigenvalue weighted by Crippen LogP contribution is -2.23. The number of hydrogen-bond acceptors (Lipinski definition) is 6. The van der Waals surface area contributed by atoms with E-state index in [4.69, 9.17) is 21.1 Å². The summed E-state index contributed by atoms with van der Waals surface area (Å²) in [5.74, 6) is -0.249. The molecule has 8 nitrogen and oxygen atoms in total. The van der Waals surface area contributed by atoms with E-state index in [0.717, 1.165) is 5.56 Å². The lowest BCUT2D eigenvalue weighted by molar-refractivity contribution is -0.118. The van der Waals surface area contributed by atoms with Gasteiger partial charge in [-0.3, -0.25) is 19.4 Å². The molecule has 0 saturated heterocycles. The number of aliphatic imine (C=N–C) groups is 1. The minimum Gasteiger partial charge on any atom is -0.493 e. The molecule has 2 N–H and O–H groups in total. The fraction of sp³-hybridized carbons (Fsp3) is 0.217. The van der Waals surface area contributed by atoms with E-state index in [1.165, 1.54) is 27.5 Å². The summed E-state index contributed by atoms with van der Waals surface area (Å²) < 4.78 is 10.4. The van der Waals surface area contributed by atoms with Crippen LogP contribution in [0.4, 0.5) is 5.69 Å². The van der Waals surface area contributed by atoms with E-state index in [-0.39, 0.29) is 29.3 Å². The minimum absolute atomic E-state index is 0.110. The van der Waals surface area contributed by atoms with Gasteiger partial charge in [0.2, 0.25) is 0 Å². The largest absolute Gasteiger partial charge is 0.493 e. The van der Waals surface area contributed by atoms with E-state index in [2.05, 4.69) is 15.6 Å². The summed E-state index contributed by atoms with van der Waals surface area (Å²) in [4.78, 5) is 41.1. The summed E-state index contributed by atoms with van der Waals surface area (Å²) in [7, 11) is 4.43. The average Bonchev–Trinajstić information content (AvgIpc) is 3.29. The van der Waals surface area contributed by atoms with Gasteiger partial charge in [-0.2, -0.15) is 0 Å². The molecule has 0 aliphatic carbocycles. The Hall–Kier alpha value is -3.65. The number of benzene rings is 2. The van der Waals surface area contributed by atoms with Gasteiger partial charge in [-0.15, -0.1) is 0 Å². The maximum Gasteiger partial charge on any atom is 0.270 e. The van der Waals surface area contributed by atoms with Gasteiger partial charge in [-0.1, -0.05) is 23.7 Å². The van der Waals surface area contributed by atoms with Crippen molar-refractivity contribution in [2.24, 2.45) is 4.99 Å². The number of carbonyl (C=O) groups excluding carboxylic acids is 3. The Morgan fingerprint density at radius 3 is 2.38 bits per heavy atom. The third kappa shape index (κ3) is 4.81. The normalized spacial score (nSPS) is 12.5. The monoisotopic (exact) mass is 455 g/mol. The molecule has 1 aliphatic heterocycles. The van der Waals surface area contributed by atoms with Crippen LogP contribution in [-0.2, 0) is 16.0 Å². The Kier molecular flexibility index (Phi) is 7.27. The highest BCUT2D eigenvalue weighted by Crippen LogP contribution is 2.37. The van der Waals surface area contributed by atoms with Crippen molar-refractivity contribution < 1.29 is 23.9 Å². The van der Waals surface area contributed by atoms with Gasteiger partial charge < -0.3 is 20.1 Å². The van der Waals surface area contributed by atoms with Gasteiger partial charge in [0.1, 0.15) is 5.70 Å². The van der Waals surface area contributed by atoms with Gasteiger partial charge in [0.25, 0.3) is 11.8 Å². The highest BCUT2D eigenvalue weighted by molar-refractivity contribution is 6.35. The number of anilines is 1. The zero-order chi connectivity index (χ0) is 23.3. The van der Waals surface area contributed by atoms with Crippen molar-refractivity contribution in [3.8, 4) is 11.5 Å². The van der Waals surface area contributed by atoms with Crippen molar-refractivity contribution in [3.05, 3.63) is 63.8 Å². The molecule has 2 aromatic rings. The number of Topliss-reactive ketones (excluding diaryl/α,β-unsaturated/α-hetero) is 1. The number of hydrogen-bond donors (Lipinski definition) is 2. The van der Waals surface area contributed by atoms with Gasteiger partial charge in [0.15, 0.2) is 17.3 Å². The number of ether oxygens (including phenoxy) is 2. The van der Waals surface area contributed by atoms with Crippen LogP contribution in [0.2, 0.25) is 5.02 Å². The molecule has 9 heteroatoms. The Balaban J connectivity index is 1.70. The molecule has 3 rings (SSSR count). The molecule has 0 bridgehead atoms. The molecule has 1 aliphatic rings. The lowest BCUT2D eigenvalue weighted by atomic mass is 10.0. The zero-order valence-corrected chi connectivity index (χ0v) is 18.6. The highest BCUT2D eigenvalue weighted by atomic mass is 35.5. The Bertz CT molecular complexity index is 1120. The van der Waals surface area contributed by atoms with Crippen molar-refractivity contribution >= 4 is 41.1 Å². The molecule has 0 fully saturated rings. The second-order valence-electron chi connectivity index (χ2n) is 6.84. The third-order valence-corrected chi connectivity index (χ3v) is 5.26. The van der Waals surface area contributed by atoms with E-state index in [1.54, 1.807) is 36.4 Å². The molecule has 1 heterocycles. The number of halogens is 1. The topological polar surface area (TPSA) is 106 Å². The molecule has 0 unspecified atom stereocenters. The summed E-state index contributed by atoms with van der Waals surface area (Å²) in [5.41, 5.74) is 2.02. The van der Waals surface area contributed by atoms with Crippen molar-refractivity contribution in [2.45, 2.75) is 12.8 Å². The molecular weight excluding hydrogens is 434 g/mol. The first kappa shape index (κ1) is 23.0. The van der Waals surface area contributed by atoms with Crippen LogP contribution in [0.25, 0.3) is 0 Å². The predicted octanol–water partition coefficient (Wildman–Crippen LogP) is 3.20.